The number of aromatic hydroxyl groups is 2. The lowest BCUT2D eigenvalue weighted by Crippen LogP contribution is -1.86. The molecule has 2 aromatic rings. The summed E-state index contributed by atoms with van der Waals surface area (Å²) in [5.41, 5.74) is 2.31. The van der Waals surface area contributed by atoms with Gasteiger partial charge in [-0.3, -0.25) is 0 Å². The van der Waals surface area contributed by atoms with Crippen molar-refractivity contribution < 1.29 is 10.2 Å². The summed E-state index contributed by atoms with van der Waals surface area (Å²) in [4.78, 5) is 0. The molecule has 2 rings (SSSR count). The Hall–Kier alpha value is -2.22. The van der Waals surface area contributed by atoms with Gasteiger partial charge in [-0.25, -0.2) is 0 Å². The molecule has 0 fully saturated rings. The highest BCUT2D eigenvalue weighted by molar-refractivity contribution is 5.81. The summed E-state index contributed by atoms with van der Waals surface area (Å²) in [6, 6.07) is 14.1. The van der Waals surface area contributed by atoms with Gasteiger partial charge >= 0.3 is 0 Å². The highest BCUT2D eigenvalue weighted by Crippen LogP contribution is 2.31. The summed E-state index contributed by atoms with van der Waals surface area (Å²) >= 11 is 0. The molecular weight excluding hydrogens is 200 g/mol. The first-order valence-corrected chi connectivity index (χ1v) is 4.95. The van der Waals surface area contributed by atoms with Crippen molar-refractivity contribution in [3.05, 3.63) is 66.2 Å². The van der Waals surface area contributed by atoms with E-state index in [-0.39, 0.29) is 11.5 Å². The molecule has 16 heavy (non-hydrogen) atoms. The number of phenols is 2. The quantitative estimate of drug-likeness (QED) is 0.802. The molecule has 0 spiro atoms. The molecule has 0 atom stereocenters. The van der Waals surface area contributed by atoms with Crippen molar-refractivity contribution >= 4 is 5.57 Å². The summed E-state index contributed by atoms with van der Waals surface area (Å²) in [6.45, 7) is 3.94. The van der Waals surface area contributed by atoms with Gasteiger partial charge in [0.1, 0.15) is 11.5 Å². The third-order valence-corrected chi connectivity index (χ3v) is 2.43. The van der Waals surface area contributed by atoms with E-state index in [0.717, 1.165) is 11.1 Å². The molecule has 0 saturated carbocycles. The Bertz CT molecular complexity index is 516. The van der Waals surface area contributed by atoms with Crippen molar-refractivity contribution in [2.24, 2.45) is 0 Å². The first-order valence-electron chi connectivity index (χ1n) is 4.95. The number of benzene rings is 2. The maximum absolute atomic E-state index is 9.70. The minimum atomic E-state index is 0.0360. The fourth-order valence-corrected chi connectivity index (χ4v) is 1.57. The molecule has 0 saturated heterocycles. The molecule has 0 aliphatic heterocycles. The van der Waals surface area contributed by atoms with Crippen LogP contribution in [0.5, 0.6) is 11.5 Å². The van der Waals surface area contributed by atoms with E-state index in [0.29, 0.717) is 5.56 Å². The summed E-state index contributed by atoms with van der Waals surface area (Å²) in [5, 5.41) is 18.9. The normalized spacial score (nSPS) is 10.0. The van der Waals surface area contributed by atoms with Crippen molar-refractivity contribution in [3.63, 3.8) is 0 Å². The lowest BCUT2D eigenvalue weighted by molar-refractivity contribution is 0.449. The van der Waals surface area contributed by atoms with Gasteiger partial charge in [-0.05, 0) is 23.3 Å². The molecular formula is C14H12O2. The Labute approximate surface area is 94.1 Å². The van der Waals surface area contributed by atoms with Crippen molar-refractivity contribution in [1.29, 1.82) is 0 Å². The monoisotopic (exact) mass is 212 g/mol. The Balaban J connectivity index is 2.42. The van der Waals surface area contributed by atoms with Crippen LogP contribution in [-0.4, -0.2) is 10.2 Å². The Morgan fingerprint density at radius 3 is 2.25 bits per heavy atom. The fraction of sp³-hybridized carbons (Fsp3) is 0. The maximum Gasteiger partial charge on any atom is 0.127 e. The third-order valence-electron chi connectivity index (χ3n) is 2.43. The van der Waals surface area contributed by atoms with E-state index in [9.17, 15) is 10.2 Å². The standard InChI is InChI=1S/C14H12O2/c1-10(11-5-3-2-4-6-11)13-8-7-12(15)9-14(13)16/h2-9,15-16H,1H2. The van der Waals surface area contributed by atoms with E-state index in [1.165, 1.54) is 12.1 Å². The highest BCUT2D eigenvalue weighted by Gasteiger charge is 2.07. The van der Waals surface area contributed by atoms with Crippen LogP contribution in [0.15, 0.2) is 55.1 Å². The van der Waals surface area contributed by atoms with Gasteiger partial charge in [-0.1, -0.05) is 36.9 Å². The van der Waals surface area contributed by atoms with Crippen molar-refractivity contribution in [2.45, 2.75) is 0 Å². The minimum absolute atomic E-state index is 0.0360. The predicted molar refractivity (Wildman–Crippen MR) is 64.3 cm³/mol. The van der Waals surface area contributed by atoms with Crippen LogP contribution in [0.1, 0.15) is 11.1 Å². The van der Waals surface area contributed by atoms with Gasteiger partial charge in [0, 0.05) is 11.6 Å². The molecule has 0 amide bonds. The van der Waals surface area contributed by atoms with E-state index in [4.69, 9.17) is 0 Å². The smallest absolute Gasteiger partial charge is 0.127 e. The number of hydrogen-bond acceptors (Lipinski definition) is 2. The first kappa shape index (κ1) is 10.3. The molecule has 0 radical (unpaired) electrons. The summed E-state index contributed by atoms with van der Waals surface area (Å²) in [6.07, 6.45) is 0. The zero-order valence-corrected chi connectivity index (χ0v) is 8.72. The van der Waals surface area contributed by atoms with Gasteiger partial charge < -0.3 is 10.2 Å². The van der Waals surface area contributed by atoms with E-state index in [2.05, 4.69) is 6.58 Å². The van der Waals surface area contributed by atoms with Gasteiger partial charge in [-0.2, -0.15) is 0 Å². The Kier molecular flexibility index (Phi) is 2.64. The van der Waals surface area contributed by atoms with E-state index in [1.54, 1.807) is 6.07 Å². The van der Waals surface area contributed by atoms with Crippen LogP contribution >= 0.6 is 0 Å². The predicted octanol–water partition coefficient (Wildman–Crippen LogP) is 3.16. The number of hydrogen-bond donors (Lipinski definition) is 2. The molecule has 80 valence electrons. The van der Waals surface area contributed by atoms with Crippen LogP contribution in [0, 0.1) is 0 Å². The van der Waals surface area contributed by atoms with Crippen LogP contribution in [0.3, 0.4) is 0 Å². The van der Waals surface area contributed by atoms with Gasteiger partial charge in [-0.15, -0.1) is 0 Å². The van der Waals surface area contributed by atoms with E-state index >= 15 is 0 Å². The zero-order valence-electron chi connectivity index (χ0n) is 8.72. The van der Waals surface area contributed by atoms with Crippen LogP contribution in [0.4, 0.5) is 0 Å². The third kappa shape index (κ3) is 1.91. The van der Waals surface area contributed by atoms with Gasteiger partial charge in [0.05, 0.1) is 0 Å². The average Bonchev–Trinajstić information content (AvgIpc) is 2.29. The second-order valence-electron chi connectivity index (χ2n) is 3.55. The van der Waals surface area contributed by atoms with Crippen LogP contribution < -0.4 is 0 Å². The highest BCUT2D eigenvalue weighted by atomic mass is 16.3. The van der Waals surface area contributed by atoms with Gasteiger partial charge in [0.15, 0.2) is 0 Å². The first-order chi connectivity index (χ1) is 7.68. The van der Waals surface area contributed by atoms with Crippen molar-refractivity contribution in [2.75, 3.05) is 0 Å². The Morgan fingerprint density at radius 1 is 0.938 bits per heavy atom. The lowest BCUT2D eigenvalue weighted by atomic mass is 9.99. The summed E-state index contributed by atoms with van der Waals surface area (Å²) in [5.74, 6) is 0.0796. The summed E-state index contributed by atoms with van der Waals surface area (Å²) < 4.78 is 0. The minimum Gasteiger partial charge on any atom is -0.508 e. The Morgan fingerprint density at radius 2 is 1.62 bits per heavy atom. The fourth-order valence-electron chi connectivity index (χ4n) is 1.57. The molecule has 0 aromatic heterocycles. The van der Waals surface area contributed by atoms with Gasteiger partial charge in [0.2, 0.25) is 0 Å². The maximum atomic E-state index is 9.70. The molecule has 0 aliphatic rings. The second kappa shape index (κ2) is 4.11. The molecule has 0 aliphatic carbocycles. The average molecular weight is 212 g/mol. The van der Waals surface area contributed by atoms with E-state index in [1.807, 2.05) is 30.3 Å². The van der Waals surface area contributed by atoms with Crippen LogP contribution in [0.25, 0.3) is 5.57 Å². The molecule has 2 N–H and O–H groups in total. The molecule has 0 heterocycles. The van der Waals surface area contributed by atoms with Crippen molar-refractivity contribution in [3.8, 4) is 11.5 Å². The molecule has 0 bridgehead atoms. The van der Waals surface area contributed by atoms with E-state index < -0.39 is 0 Å². The number of rotatable bonds is 2. The van der Waals surface area contributed by atoms with Crippen LogP contribution in [0.2, 0.25) is 0 Å². The van der Waals surface area contributed by atoms with Gasteiger partial charge in [0.25, 0.3) is 0 Å². The molecule has 2 nitrogen and oxygen atoms in total. The van der Waals surface area contributed by atoms with Crippen LogP contribution in [-0.2, 0) is 0 Å². The SMILES string of the molecule is C=C(c1ccccc1)c1ccc(O)cc1O. The summed E-state index contributed by atoms with van der Waals surface area (Å²) in [7, 11) is 0. The second-order valence-corrected chi connectivity index (χ2v) is 3.55. The molecule has 2 heteroatoms. The van der Waals surface area contributed by atoms with Crippen molar-refractivity contribution in [1.82, 2.24) is 0 Å². The zero-order chi connectivity index (χ0) is 11.5. The lowest BCUT2D eigenvalue weighted by Gasteiger charge is -2.08. The molecule has 2 aromatic carbocycles. The number of phenolic OH excluding ortho intramolecular Hbond substituents is 2. The molecule has 0 unspecified atom stereocenters. The topological polar surface area (TPSA) is 40.5 Å². The largest absolute Gasteiger partial charge is 0.508 e.